The summed E-state index contributed by atoms with van der Waals surface area (Å²) < 4.78 is 52.5. The molecule has 0 saturated carbocycles. The van der Waals surface area contributed by atoms with Gasteiger partial charge in [0.1, 0.15) is 0 Å². The van der Waals surface area contributed by atoms with Crippen LogP contribution in [0, 0.1) is 5.82 Å². The van der Waals surface area contributed by atoms with Crippen LogP contribution in [0.2, 0.25) is 0 Å². The van der Waals surface area contributed by atoms with Gasteiger partial charge in [-0.3, -0.25) is 9.59 Å². The van der Waals surface area contributed by atoms with E-state index in [0.717, 1.165) is 6.07 Å². The van der Waals surface area contributed by atoms with Gasteiger partial charge in [0, 0.05) is 18.4 Å². The highest BCUT2D eigenvalue weighted by Gasteiger charge is 2.32. The third-order valence-corrected chi connectivity index (χ3v) is 2.27. The number of rotatable bonds is 6. The Labute approximate surface area is 111 Å². The van der Waals surface area contributed by atoms with E-state index < -0.39 is 29.7 Å². The minimum Gasteiger partial charge on any atom is -0.481 e. The molecule has 0 saturated heterocycles. The molecule has 0 aliphatic heterocycles. The average molecular weight is 294 g/mol. The van der Waals surface area contributed by atoms with Crippen molar-refractivity contribution in [3.05, 3.63) is 29.6 Å². The Hall–Kier alpha value is -2.12. The number of alkyl halides is 3. The molecule has 1 rings (SSSR count). The van der Waals surface area contributed by atoms with Gasteiger partial charge in [-0.2, -0.15) is 0 Å². The van der Waals surface area contributed by atoms with Gasteiger partial charge in [-0.1, -0.05) is 0 Å². The molecule has 1 N–H and O–H groups in total. The molecule has 4 nitrogen and oxygen atoms in total. The van der Waals surface area contributed by atoms with Crippen LogP contribution in [0.1, 0.15) is 29.6 Å². The van der Waals surface area contributed by atoms with Crippen molar-refractivity contribution >= 4 is 11.8 Å². The molecule has 0 bridgehead atoms. The number of halogens is 4. The molecule has 0 aliphatic carbocycles. The number of carboxylic acid groups (broad SMARTS) is 1. The highest BCUT2D eigenvalue weighted by Crippen LogP contribution is 2.26. The number of hydrogen-bond acceptors (Lipinski definition) is 3. The number of Topliss-reactive ketones (excluding diaryl/α,β-unsaturated/α-hetero) is 1. The zero-order valence-electron chi connectivity index (χ0n) is 10.0. The number of ether oxygens (including phenoxy) is 1. The van der Waals surface area contributed by atoms with E-state index in [1.807, 2.05) is 0 Å². The van der Waals surface area contributed by atoms with Gasteiger partial charge >= 0.3 is 12.3 Å². The fourth-order valence-corrected chi connectivity index (χ4v) is 1.43. The molecule has 0 unspecified atom stereocenters. The molecule has 0 heterocycles. The van der Waals surface area contributed by atoms with E-state index in [-0.39, 0.29) is 24.8 Å². The van der Waals surface area contributed by atoms with Crippen molar-refractivity contribution < 1.29 is 37.0 Å². The fourth-order valence-electron chi connectivity index (χ4n) is 1.43. The number of ketones is 1. The lowest BCUT2D eigenvalue weighted by molar-refractivity contribution is -0.275. The van der Waals surface area contributed by atoms with Crippen molar-refractivity contribution in [3.8, 4) is 5.75 Å². The second kappa shape index (κ2) is 6.36. The van der Waals surface area contributed by atoms with Crippen LogP contribution in [0.25, 0.3) is 0 Å². The lowest BCUT2D eigenvalue weighted by Crippen LogP contribution is -2.18. The lowest BCUT2D eigenvalue weighted by atomic mass is 10.1. The Kier molecular flexibility index (Phi) is 5.06. The normalized spacial score (nSPS) is 11.2. The molecular weight excluding hydrogens is 284 g/mol. The first-order chi connectivity index (χ1) is 9.19. The summed E-state index contributed by atoms with van der Waals surface area (Å²) in [4.78, 5) is 21.8. The predicted molar refractivity (Wildman–Crippen MR) is 58.9 cm³/mol. The van der Waals surface area contributed by atoms with E-state index in [4.69, 9.17) is 5.11 Å². The van der Waals surface area contributed by atoms with Gasteiger partial charge in [0.2, 0.25) is 0 Å². The Morgan fingerprint density at radius 3 is 2.35 bits per heavy atom. The summed E-state index contributed by atoms with van der Waals surface area (Å²) >= 11 is 0. The molecule has 0 aliphatic rings. The molecular formula is C12H10F4O4. The van der Waals surface area contributed by atoms with Crippen molar-refractivity contribution in [1.29, 1.82) is 0 Å². The van der Waals surface area contributed by atoms with Crippen molar-refractivity contribution in [2.75, 3.05) is 0 Å². The summed E-state index contributed by atoms with van der Waals surface area (Å²) in [6.45, 7) is 0. The number of benzene rings is 1. The van der Waals surface area contributed by atoms with Crippen LogP contribution in [0.5, 0.6) is 5.75 Å². The smallest absolute Gasteiger partial charge is 0.481 e. The molecule has 0 fully saturated rings. The lowest BCUT2D eigenvalue weighted by Gasteiger charge is -2.10. The SMILES string of the molecule is O=C(O)CCCC(=O)c1ccc(OC(F)(F)F)c(F)c1. The monoisotopic (exact) mass is 294 g/mol. The maximum atomic E-state index is 13.3. The fraction of sp³-hybridized carbons (Fsp3) is 0.333. The number of carbonyl (C=O) groups excluding carboxylic acids is 1. The maximum Gasteiger partial charge on any atom is 0.573 e. The van der Waals surface area contributed by atoms with E-state index in [1.54, 1.807) is 0 Å². The summed E-state index contributed by atoms with van der Waals surface area (Å²) in [5, 5.41) is 8.39. The number of carbonyl (C=O) groups is 2. The Morgan fingerprint density at radius 1 is 1.20 bits per heavy atom. The summed E-state index contributed by atoms with van der Waals surface area (Å²) in [7, 11) is 0. The molecule has 110 valence electrons. The van der Waals surface area contributed by atoms with Crippen molar-refractivity contribution in [2.45, 2.75) is 25.6 Å². The number of carboxylic acids is 1. The van der Waals surface area contributed by atoms with Crippen LogP contribution in [-0.4, -0.2) is 23.2 Å². The van der Waals surface area contributed by atoms with Gasteiger partial charge < -0.3 is 9.84 Å². The van der Waals surface area contributed by atoms with Gasteiger partial charge in [-0.15, -0.1) is 13.2 Å². The number of aliphatic carboxylic acids is 1. The topological polar surface area (TPSA) is 63.6 Å². The zero-order chi connectivity index (χ0) is 15.3. The Morgan fingerprint density at radius 2 is 1.85 bits per heavy atom. The van der Waals surface area contributed by atoms with Crippen molar-refractivity contribution in [3.63, 3.8) is 0 Å². The summed E-state index contributed by atoms with van der Waals surface area (Å²) in [6, 6.07) is 2.32. The molecule has 1 aromatic carbocycles. The molecule has 0 radical (unpaired) electrons. The predicted octanol–water partition coefficient (Wildman–Crippen LogP) is 3.16. The third-order valence-electron chi connectivity index (χ3n) is 2.27. The van der Waals surface area contributed by atoms with Crippen LogP contribution >= 0.6 is 0 Å². The molecule has 8 heteroatoms. The molecule has 0 amide bonds. The van der Waals surface area contributed by atoms with Crippen molar-refractivity contribution in [1.82, 2.24) is 0 Å². The Bertz CT molecular complexity index is 511. The van der Waals surface area contributed by atoms with Crippen LogP contribution in [-0.2, 0) is 4.79 Å². The standard InChI is InChI=1S/C12H10F4O4/c13-8-6-7(9(17)2-1-3-11(18)19)4-5-10(8)20-12(14,15)16/h4-6H,1-3H2,(H,18,19). The van der Waals surface area contributed by atoms with Crippen LogP contribution < -0.4 is 4.74 Å². The average Bonchev–Trinajstić information content (AvgIpc) is 2.29. The summed E-state index contributed by atoms with van der Waals surface area (Å²) in [5.74, 6) is -3.97. The molecule has 0 aromatic heterocycles. The number of hydrogen-bond donors (Lipinski definition) is 1. The van der Waals surface area contributed by atoms with Gasteiger partial charge in [0.15, 0.2) is 17.3 Å². The van der Waals surface area contributed by atoms with Gasteiger partial charge in [0.25, 0.3) is 0 Å². The largest absolute Gasteiger partial charge is 0.573 e. The highest BCUT2D eigenvalue weighted by molar-refractivity contribution is 5.96. The first kappa shape index (κ1) is 15.9. The minimum atomic E-state index is -5.02. The molecule has 20 heavy (non-hydrogen) atoms. The quantitative estimate of drug-likeness (QED) is 0.646. The first-order valence-corrected chi connectivity index (χ1v) is 5.49. The zero-order valence-corrected chi connectivity index (χ0v) is 10.0. The van der Waals surface area contributed by atoms with Crippen LogP contribution in [0.3, 0.4) is 0 Å². The van der Waals surface area contributed by atoms with Crippen LogP contribution in [0.15, 0.2) is 18.2 Å². The van der Waals surface area contributed by atoms with E-state index in [0.29, 0.717) is 12.1 Å². The first-order valence-electron chi connectivity index (χ1n) is 5.49. The van der Waals surface area contributed by atoms with E-state index in [2.05, 4.69) is 4.74 Å². The van der Waals surface area contributed by atoms with Gasteiger partial charge in [0.05, 0.1) is 0 Å². The maximum absolute atomic E-state index is 13.3. The second-order valence-corrected chi connectivity index (χ2v) is 3.86. The third kappa shape index (κ3) is 5.25. The molecule has 1 aromatic rings. The van der Waals surface area contributed by atoms with Gasteiger partial charge in [-0.05, 0) is 24.6 Å². The Balaban J connectivity index is 2.71. The van der Waals surface area contributed by atoms with E-state index in [1.165, 1.54) is 0 Å². The van der Waals surface area contributed by atoms with Crippen LogP contribution in [0.4, 0.5) is 17.6 Å². The van der Waals surface area contributed by atoms with Crippen molar-refractivity contribution in [2.24, 2.45) is 0 Å². The minimum absolute atomic E-state index is 0.0661. The van der Waals surface area contributed by atoms with E-state index >= 15 is 0 Å². The summed E-state index contributed by atoms with van der Waals surface area (Å²) in [6.07, 6.45) is -5.31. The second-order valence-electron chi connectivity index (χ2n) is 3.86. The van der Waals surface area contributed by atoms with Gasteiger partial charge in [-0.25, -0.2) is 4.39 Å². The summed E-state index contributed by atoms with van der Waals surface area (Å²) in [5.41, 5.74) is -0.137. The molecule has 0 spiro atoms. The molecule has 0 atom stereocenters. The highest BCUT2D eigenvalue weighted by atomic mass is 19.4. The van der Waals surface area contributed by atoms with E-state index in [9.17, 15) is 27.2 Å².